The van der Waals surface area contributed by atoms with Crippen LogP contribution in [0.15, 0.2) is 84.9 Å². The zero-order valence-corrected chi connectivity index (χ0v) is 16.9. The predicted molar refractivity (Wildman–Crippen MR) is 119 cm³/mol. The van der Waals surface area contributed by atoms with E-state index in [-0.39, 0.29) is 24.1 Å². The number of fused-ring (bicyclic) bond motifs is 3. The molecule has 0 spiro atoms. The Morgan fingerprint density at radius 3 is 2.57 bits per heavy atom. The molecule has 0 fully saturated rings. The molecule has 0 aliphatic carbocycles. The minimum absolute atomic E-state index is 0.0222. The van der Waals surface area contributed by atoms with E-state index >= 15 is 0 Å². The van der Waals surface area contributed by atoms with E-state index in [2.05, 4.69) is 6.07 Å². The number of anilines is 1. The standard InChI is InChI=1S/C26H19ClFNO/c27-19-8-5-6-17(14-19)16-29-24-13-12-18-7-1-2-9-20(18)26(24)22(15-25(29)30)21-10-3-4-11-23(21)28/h1-14,22H,15-16H2. The average molecular weight is 416 g/mol. The maximum absolute atomic E-state index is 14.7. The Labute approximate surface area is 179 Å². The minimum atomic E-state index is -0.324. The van der Waals surface area contributed by atoms with Gasteiger partial charge in [-0.25, -0.2) is 4.39 Å². The molecule has 0 N–H and O–H groups in total. The van der Waals surface area contributed by atoms with Crippen LogP contribution in [0.5, 0.6) is 0 Å². The van der Waals surface area contributed by atoms with Crippen LogP contribution in [-0.2, 0) is 11.3 Å². The Hall–Kier alpha value is -3.17. The molecule has 1 unspecified atom stereocenters. The van der Waals surface area contributed by atoms with E-state index in [4.69, 9.17) is 11.6 Å². The van der Waals surface area contributed by atoms with E-state index in [0.29, 0.717) is 17.1 Å². The predicted octanol–water partition coefficient (Wildman–Crippen LogP) is 6.70. The van der Waals surface area contributed by atoms with Crippen molar-refractivity contribution in [1.82, 2.24) is 0 Å². The third kappa shape index (κ3) is 3.25. The highest BCUT2D eigenvalue weighted by Crippen LogP contribution is 2.45. The molecule has 2 nitrogen and oxygen atoms in total. The van der Waals surface area contributed by atoms with E-state index in [1.54, 1.807) is 17.0 Å². The summed E-state index contributed by atoms with van der Waals surface area (Å²) in [6.07, 6.45) is 0.225. The highest BCUT2D eigenvalue weighted by Gasteiger charge is 2.34. The summed E-state index contributed by atoms with van der Waals surface area (Å²) in [5.74, 6) is -0.626. The number of halogens is 2. The van der Waals surface area contributed by atoms with Gasteiger partial charge in [-0.2, -0.15) is 0 Å². The highest BCUT2D eigenvalue weighted by molar-refractivity contribution is 6.30. The van der Waals surface area contributed by atoms with Crippen LogP contribution in [0.3, 0.4) is 0 Å². The molecule has 1 heterocycles. The summed E-state index contributed by atoms with van der Waals surface area (Å²) in [4.78, 5) is 15.0. The minimum Gasteiger partial charge on any atom is -0.308 e. The first kappa shape index (κ1) is 18.8. The van der Waals surface area contributed by atoms with Crippen molar-refractivity contribution in [2.24, 2.45) is 0 Å². The van der Waals surface area contributed by atoms with Crippen LogP contribution in [0.1, 0.15) is 29.0 Å². The van der Waals surface area contributed by atoms with Crippen molar-refractivity contribution in [3.63, 3.8) is 0 Å². The Morgan fingerprint density at radius 1 is 0.933 bits per heavy atom. The number of nitrogens with zero attached hydrogens (tertiary/aromatic N) is 1. The molecule has 0 bridgehead atoms. The van der Waals surface area contributed by atoms with Crippen molar-refractivity contribution in [2.75, 3.05) is 4.90 Å². The van der Waals surface area contributed by atoms with Gasteiger partial charge in [0.15, 0.2) is 0 Å². The first-order valence-electron chi connectivity index (χ1n) is 9.92. The fraction of sp³-hybridized carbons (Fsp3) is 0.115. The maximum Gasteiger partial charge on any atom is 0.228 e. The molecule has 0 saturated carbocycles. The molecule has 1 amide bonds. The second kappa shape index (κ2) is 7.58. The van der Waals surface area contributed by atoms with Gasteiger partial charge < -0.3 is 4.90 Å². The number of carbonyl (C=O) groups is 1. The van der Waals surface area contributed by atoms with Crippen LogP contribution in [0.25, 0.3) is 10.8 Å². The first-order valence-corrected chi connectivity index (χ1v) is 10.3. The molecule has 0 aromatic heterocycles. The van der Waals surface area contributed by atoms with E-state index in [1.165, 1.54) is 6.07 Å². The van der Waals surface area contributed by atoms with E-state index in [9.17, 15) is 9.18 Å². The summed E-state index contributed by atoms with van der Waals surface area (Å²) >= 11 is 6.15. The lowest BCUT2D eigenvalue weighted by atomic mass is 9.81. The molecule has 1 aliphatic rings. The van der Waals surface area contributed by atoms with Crippen LogP contribution in [0, 0.1) is 5.82 Å². The van der Waals surface area contributed by atoms with Crippen molar-refractivity contribution < 1.29 is 9.18 Å². The van der Waals surface area contributed by atoms with Gasteiger partial charge in [0.2, 0.25) is 5.91 Å². The number of carbonyl (C=O) groups excluding carboxylic acids is 1. The molecule has 5 rings (SSSR count). The summed E-state index contributed by atoms with van der Waals surface area (Å²) in [6.45, 7) is 0.425. The molecule has 0 radical (unpaired) electrons. The lowest BCUT2D eigenvalue weighted by Crippen LogP contribution is -2.36. The van der Waals surface area contributed by atoms with Crippen LogP contribution in [0.4, 0.5) is 10.1 Å². The fourth-order valence-electron chi connectivity index (χ4n) is 4.42. The Bertz CT molecular complexity index is 1270. The molecule has 148 valence electrons. The number of hydrogen-bond donors (Lipinski definition) is 0. The lowest BCUT2D eigenvalue weighted by Gasteiger charge is -2.35. The second-order valence-corrected chi connectivity index (χ2v) is 8.04. The van der Waals surface area contributed by atoms with Crippen molar-refractivity contribution in [3.8, 4) is 0 Å². The van der Waals surface area contributed by atoms with Gasteiger partial charge in [-0.05, 0) is 51.7 Å². The molecular formula is C26H19ClFNO. The second-order valence-electron chi connectivity index (χ2n) is 7.61. The van der Waals surface area contributed by atoms with Crippen molar-refractivity contribution in [3.05, 3.63) is 112 Å². The van der Waals surface area contributed by atoms with Crippen molar-refractivity contribution in [1.29, 1.82) is 0 Å². The summed E-state index contributed by atoms with van der Waals surface area (Å²) in [5, 5.41) is 2.77. The van der Waals surface area contributed by atoms with Gasteiger partial charge in [-0.15, -0.1) is 0 Å². The molecule has 30 heavy (non-hydrogen) atoms. The molecule has 1 aliphatic heterocycles. The van der Waals surface area contributed by atoms with Gasteiger partial charge in [0.05, 0.1) is 6.54 Å². The third-order valence-electron chi connectivity index (χ3n) is 5.78. The topological polar surface area (TPSA) is 20.3 Å². The monoisotopic (exact) mass is 415 g/mol. The lowest BCUT2D eigenvalue weighted by molar-refractivity contribution is -0.119. The van der Waals surface area contributed by atoms with Crippen LogP contribution < -0.4 is 4.90 Å². The molecule has 4 aromatic carbocycles. The first-order chi connectivity index (χ1) is 14.6. The Kier molecular flexibility index (Phi) is 4.76. The quantitative estimate of drug-likeness (QED) is 0.364. The summed E-state index contributed by atoms with van der Waals surface area (Å²) < 4.78 is 14.7. The molecule has 1 atom stereocenters. The van der Waals surface area contributed by atoms with Gasteiger partial charge in [-0.1, -0.05) is 72.3 Å². The summed E-state index contributed by atoms with van der Waals surface area (Å²) in [6, 6.07) is 26.4. The van der Waals surface area contributed by atoms with Crippen molar-refractivity contribution in [2.45, 2.75) is 18.9 Å². The molecular weight excluding hydrogens is 397 g/mol. The summed E-state index contributed by atoms with van der Waals surface area (Å²) in [7, 11) is 0. The average Bonchev–Trinajstić information content (AvgIpc) is 2.75. The van der Waals surface area contributed by atoms with Crippen LogP contribution >= 0.6 is 11.6 Å². The Balaban J connectivity index is 1.70. The number of rotatable bonds is 3. The Morgan fingerprint density at radius 2 is 1.73 bits per heavy atom. The van der Waals surface area contributed by atoms with Crippen LogP contribution in [-0.4, -0.2) is 5.91 Å². The zero-order chi connectivity index (χ0) is 20.7. The largest absolute Gasteiger partial charge is 0.308 e. The normalized spacial score (nSPS) is 16.0. The van der Waals surface area contributed by atoms with Gasteiger partial charge in [0, 0.05) is 23.0 Å². The zero-order valence-electron chi connectivity index (χ0n) is 16.2. The smallest absolute Gasteiger partial charge is 0.228 e. The SMILES string of the molecule is O=C1CC(c2ccccc2F)c2c(ccc3ccccc23)N1Cc1cccc(Cl)c1. The summed E-state index contributed by atoms with van der Waals surface area (Å²) in [5.41, 5.74) is 3.35. The van der Waals surface area contributed by atoms with Gasteiger partial charge >= 0.3 is 0 Å². The molecule has 4 aromatic rings. The fourth-order valence-corrected chi connectivity index (χ4v) is 4.63. The number of amides is 1. The molecule has 4 heteroatoms. The van der Waals surface area contributed by atoms with E-state index in [1.807, 2.05) is 60.7 Å². The maximum atomic E-state index is 14.7. The van der Waals surface area contributed by atoms with Crippen LogP contribution in [0.2, 0.25) is 5.02 Å². The number of benzene rings is 4. The number of hydrogen-bond acceptors (Lipinski definition) is 1. The third-order valence-corrected chi connectivity index (χ3v) is 6.01. The van der Waals surface area contributed by atoms with E-state index < -0.39 is 0 Å². The van der Waals surface area contributed by atoms with Gasteiger partial charge in [-0.3, -0.25) is 4.79 Å². The van der Waals surface area contributed by atoms with Crippen molar-refractivity contribution >= 4 is 34.0 Å². The molecule has 0 saturated heterocycles. The van der Waals surface area contributed by atoms with Gasteiger partial charge in [0.1, 0.15) is 5.82 Å². The highest BCUT2D eigenvalue weighted by atomic mass is 35.5. The van der Waals surface area contributed by atoms with Gasteiger partial charge in [0.25, 0.3) is 0 Å². The van der Waals surface area contributed by atoms with E-state index in [0.717, 1.165) is 27.6 Å².